The summed E-state index contributed by atoms with van der Waals surface area (Å²) in [6.45, 7) is 5.18. The Morgan fingerprint density at radius 1 is 1.24 bits per heavy atom. The lowest BCUT2D eigenvalue weighted by Crippen LogP contribution is -2.34. The highest BCUT2D eigenvalue weighted by Gasteiger charge is 2.50. The molecule has 0 aromatic carbocycles. The highest BCUT2D eigenvalue weighted by atomic mass is 32.5. The fourth-order valence-electron chi connectivity index (χ4n) is 2.90. The third-order valence-electron chi connectivity index (χ3n) is 4.35. The van der Waals surface area contributed by atoms with E-state index in [4.69, 9.17) is 52.2 Å². The molecule has 0 aromatic rings. The second kappa shape index (κ2) is 10.9. The number of alkyl halides is 2. The van der Waals surface area contributed by atoms with E-state index in [1.165, 1.54) is 13.8 Å². The van der Waals surface area contributed by atoms with Crippen LogP contribution in [0.4, 0.5) is 8.78 Å². The van der Waals surface area contributed by atoms with E-state index >= 15 is 0 Å². The van der Waals surface area contributed by atoms with Gasteiger partial charge in [-0.05, 0) is 32.6 Å². The Morgan fingerprint density at radius 2 is 1.90 bits per heavy atom. The maximum absolute atomic E-state index is 14.5. The number of halogens is 2. The molecule has 10 atom stereocenters. The Hall–Kier alpha value is -0.180. The standard InChI is InChI=1S/C15H23F2NO8P2S/c1-8-12(16)14(10(3)23-8)26-28(29,21-6-5-18-4)22-7-11-15(25-27(19)20)13(17)9(2)24-11/h8-15H,5-7H2,1-3H3/p+1/t8-,9-,10+,11+,12-,13-,14?,15+,28?/m0/s1/i3D. The average molecular weight is 479 g/mol. The molecule has 166 valence electrons. The Kier molecular flexibility index (Phi) is 8.84. The minimum atomic E-state index is -3.67. The van der Waals surface area contributed by atoms with Crippen molar-refractivity contribution in [3.63, 3.8) is 0 Å². The van der Waals surface area contributed by atoms with Crippen molar-refractivity contribution in [3.05, 3.63) is 11.4 Å². The van der Waals surface area contributed by atoms with Crippen LogP contribution in [-0.2, 0) is 43.9 Å². The second-order valence-electron chi connectivity index (χ2n) is 6.48. The Labute approximate surface area is 175 Å². The maximum atomic E-state index is 14.5. The maximum Gasteiger partial charge on any atom is 0.695 e. The molecule has 14 heteroatoms. The molecule has 29 heavy (non-hydrogen) atoms. The van der Waals surface area contributed by atoms with E-state index in [2.05, 4.69) is 4.85 Å². The summed E-state index contributed by atoms with van der Waals surface area (Å²) >= 11 is 5.33. The number of hydrogen-bond donors (Lipinski definition) is 1. The molecule has 0 bridgehead atoms. The van der Waals surface area contributed by atoms with Crippen LogP contribution in [0.5, 0.6) is 0 Å². The lowest BCUT2D eigenvalue weighted by atomic mass is 10.1. The third kappa shape index (κ3) is 6.65. The molecular formula is C15H24F2NO8P2S+. The van der Waals surface area contributed by atoms with Crippen LogP contribution in [0.2, 0.25) is 0 Å². The predicted molar refractivity (Wildman–Crippen MR) is 101 cm³/mol. The molecule has 2 saturated heterocycles. The summed E-state index contributed by atoms with van der Waals surface area (Å²) in [6.07, 6.45) is -9.59. The molecule has 9 nitrogen and oxygen atoms in total. The fraction of sp³-hybridized carbons (Fsp3) is 0.933. The van der Waals surface area contributed by atoms with Crippen molar-refractivity contribution in [2.24, 2.45) is 0 Å². The minimum Gasteiger partial charge on any atom is -0.370 e. The SMILES string of the molecule is [2H]C[C@H]1O[C@@H](C)[C@H](F)C1OP(=S)(OCC[N+]#[C-])OC[C@H]1O[C@@H](C)[C@H](F)[C@@H]1O[P+](=O)O. The first-order chi connectivity index (χ1) is 14.1. The second-order valence-corrected chi connectivity index (χ2v) is 10.1. The number of hydrogen-bond acceptors (Lipinski definition) is 8. The zero-order chi connectivity index (χ0) is 22.5. The van der Waals surface area contributed by atoms with Gasteiger partial charge < -0.3 is 23.4 Å². The van der Waals surface area contributed by atoms with Gasteiger partial charge in [-0.3, -0.25) is 4.52 Å². The van der Waals surface area contributed by atoms with Gasteiger partial charge in [0.2, 0.25) is 6.54 Å². The van der Waals surface area contributed by atoms with E-state index in [-0.39, 0.29) is 20.1 Å². The molecule has 0 spiro atoms. The van der Waals surface area contributed by atoms with Crippen LogP contribution in [0.1, 0.15) is 22.1 Å². The summed E-state index contributed by atoms with van der Waals surface area (Å²) in [5.74, 6) is 0. The smallest absolute Gasteiger partial charge is 0.370 e. The van der Waals surface area contributed by atoms with Crippen LogP contribution in [0.3, 0.4) is 0 Å². The molecule has 2 aliphatic rings. The zero-order valence-corrected chi connectivity index (χ0v) is 18.4. The fourth-order valence-corrected chi connectivity index (χ4v) is 5.45. The first-order valence-corrected chi connectivity index (χ1v) is 12.4. The number of ether oxygens (including phenoxy) is 2. The lowest BCUT2D eigenvalue weighted by Gasteiger charge is -2.27. The van der Waals surface area contributed by atoms with Gasteiger partial charge in [0.1, 0.15) is 18.8 Å². The van der Waals surface area contributed by atoms with Gasteiger partial charge in [-0.25, -0.2) is 15.4 Å². The lowest BCUT2D eigenvalue weighted by molar-refractivity contribution is -0.0181. The van der Waals surface area contributed by atoms with E-state index in [1.54, 1.807) is 0 Å². The molecule has 1 N–H and O–H groups in total. The van der Waals surface area contributed by atoms with Crippen LogP contribution in [0.25, 0.3) is 4.85 Å². The quantitative estimate of drug-likeness (QED) is 0.288. The molecule has 0 saturated carbocycles. The molecule has 0 radical (unpaired) electrons. The van der Waals surface area contributed by atoms with Crippen LogP contribution < -0.4 is 0 Å². The molecule has 3 unspecified atom stereocenters. The summed E-state index contributed by atoms with van der Waals surface area (Å²) in [5.41, 5.74) is 0. The Balaban J connectivity index is 2.11. The molecule has 2 fully saturated rings. The average Bonchev–Trinajstić information content (AvgIpc) is 3.11. The summed E-state index contributed by atoms with van der Waals surface area (Å²) < 4.78 is 79.3. The van der Waals surface area contributed by atoms with E-state index in [0.29, 0.717) is 0 Å². The molecule has 2 aliphatic heterocycles. The van der Waals surface area contributed by atoms with Gasteiger partial charge in [-0.2, -0.15) is 0 Å². The summed E-state index contributed by atoms with van der Waals surface area (Å²) in [6, 6.07) is 0. The van der Waals surface area contributed by atoms with Gasteiger partial charge in [0.05, 0.1) is 24.9 Å². The van der Waals surface area contributed by atoms with Crippen LogP contribution in [0, 0.1) is 6.57 Å². The van der Waals surface area contributed by atoms with E-state index < -0.39 is 70.5 Å². The van der Waals surface area contributed by atoms with Gasteiger partial charge in [0, 0.05) is 5.94 Å². The first-order valence-electron chi connectivity index (χ1n) is 9.44. The molecule has 0 amide bonds. The Morgan fingerprint density at radius 3 is 2.52 bits per heavy atom. The molecule has 2 heterocycles. The normalized spacial score (nSPS) is 40.3. The van der Waals surface area contributed by atoms with Crippen molar-refractivity contribution in [3.8, 4) is 0 Å². The molecule has 0 aliphatic carbocycles. The molecule has 0 aromatic heterocycles. The van der Waals surface area contributed by atoms with Crippen LogP contribution in [-0.4, -0.2) is 73.6 Å². The van der Waals surface area contributed by atoms with Gasteiger partial charge in [0.25, 0.3) is 0 Å². The van der Waals surface area contributed by atoms with Crippen LogP contribution in [0.15, 0.2) is 0 Å². The van der Waals surface area contributed by atoms with Crippen molar-refractivity contribution in [1.29, 1.82) is 0 Å². The van der Waals surface area contributed by atoms with E-state index in [9.17, 15) is 13.3 Å². The van der Waals surface area contributed by atoms with Gasteiger partial charge in [0.15, 0.2) is 18.4 Å². The van der Waals surface area contributed by atoms with Crippen molar-refractivity contribution in [2.45, 2.75) is 69.7 Å². The van der Waals surface area contributed by atoms with Crippen molar-refractivity contribution in [2.75, 3.05) is 19.8 Å². The van der Waals surface area contributed by atoms with Crippen molar-refractivity contribution < 1.29 is 47.2 Å². The van der Waals surface area contributed by atoms with E-state index in [0.717, 1.165) is 0 Å². The monoisotopic (exact) mass is 479 g/mol. The molecular weight excluding hydrogens is 454 g/mol. The molecule has 2 rings (SSSR count). The predicted octanol–water partition coefficient (Wildman–Crippen LogP) is 2.85. The van der Waals surface area contributed by atoms with Crippen LogP contribution >= 0.6 is 15.0 Å². The largest absolute Gasteiger partial charge is 0.695 e. The van der Waals surface area contributed by atoms with Crippen molar-refractivity contribution >= 4 is 26.8 Å². The van der Waals surface area contributed by atoms with Gasteiger partial charge >= 0.3 is 15.0 Å². The highest BCUT2D eigenvalue weighted by Crippen LogP contribution is 2.53. The number of nitrogens with zero attached hydrogens (tertiary/aromatic N) is 1. The van der Waals surface area contributed by atoms with E-state index in [1.807, 2.05) is 0 Å². The topological polar surface area (TPSA) is 97.0 Å². The third-order valence-corrected chi connectivity index (χ3v) is 7.13. The first kappa shape index (κ1) is 23.5. The summed E-state index contributed by atoms with van der Waals surface area (Å²) in [4.78, 5) is 12.1. The summed E-state index contributed by atoms with van der Waals surface area (Å²) in [5, 5.41) is 0. The Bertz CT molecular complexity index is 692. The summed E-state index contributed by atoms with van der Waals surface area (Å²) in [7, 11) is -3.09. The minimum absolute atomic E-state index is 0.0517. The van der Waals surface area contributed by atoms with Crippen molar-refractivity contribution in [1.82, 2.24) is 0 Å². The zero-order valence-electron chi connectivity index (χ0n) is 16.8. The van der Waals surface area contributed by atoms with Gasteiger partial charge in [-0.15, -0.1) is 9.42 Å². The highest BCUT2D eigenvalue weighted by molar-refractivity contribution is 8.07. The number of rotatable bonds is 10. The van der Waals surface area contributed by atoms with Gasteiger partial charge in [-0.1, -0.05) is 0 Å².